The summed E-state index contributed by atoms with van der Waals surface area (Å²) in [5, 5.41) is 10.1. The van der Waals surface area contributed by atoms with Crippen molar-refractivity contribution in [3.8, 4) is 5.75 Å². The second kappa shape index (κ2) is 8.28. The average Bonchev–Trinajstić information content (AvgIpc) is 2.65. The minimum atomic E-state index is -4.48. The largest absolute Gasteiger partial charge is 0.495 e. The van der Waals surface area contributed by atoms with Crippen molar-refractivity contribution in [1.82, 2.24) is 4.72 Å². The standard InChI is InChI=1S/C18H20F3NO4S/c1-3-12-4-9-16(26-2)17(10-12)27(24,25)22-11-15(23)13-5-7-14(8-6-13)18(19,20)21/h4-10,15,22-23H,3,11H2,1-2H3. The van der Waals surface area contributed by atoms with Gasteiger partial charge in [0.25, 0.3) is 0 Å². The van der Waals surface area contributed by atoms with Gasteiger partial charge in [-0.15, -0.1) is 0 Å². The Hall–Kier alpha value is -2.10. The summed E-state index contributed by atoms with van der Waals surface area (Å²) in [4.78, 5) is -0.0658. The Morgan fingerprint density at radius 2 is 1.78 bits per heavy atom. The molecule has 5 nitrogen and oxygen atoms in total. The normalized spacial score (nSPS) is 13.4. The number of sulfonamides is 1. The highest BCUT2D eigenvalue weighted by atomic mass is 32.2. The number of aliphatic hydroxyl groups is 1. The molecule has 0 spiro atoms. The lowest BCUT2D eigenvalue weighted by molar-refractivity contribution is -0.137. The molecule has 0 aliphatic rings. The van der Waals surface area contributed by atoms with Crippen LogP contribution in [0.5, 0.6) is 5.75 Å². The van der Waals surface area contributed by atoms with Crippen LogP contribution in [0.25, 0.3) is 0 Å². The minimum Gasteiger partial charge on any atom is -0.495 e. The number of benzene rings is 2. The molecule has 2 rings (SSSR count). The molecule has 1 atom stereocenters. The number of hydrogen-bond acceptors (Lipinski definition) is 4. The highest BCUT2D eigenvalue weighted by Crippen LogP contribution is 2.30. The third-order valence-electron chi connectivity index (χ3n) is 4.02. The number of nitrogens with one attached hydrogen (secondary N) is 1. The van der Waals surface area contributed by atoms with E-state index >= 15 is 0 Å². The molecule has 0 fully saturated rings. The molecule has 27 heavy (non-hydrogen) atoms. The number of aryl methyl sites for hydroxylation is 1. The molecule has 0 heterocycles. The lowest BCUT2D eigenvalue weighted by Crippen LogP contribution is -2.29. The fraction of sp³-hybridized carbons (Fsp3) is 0.333. The number of methoxy groups -OCH3 is 1. The topological polar surface area (TPSA) is 75.6 Å². The molecule has 0 radical (unpaired) electrons. The highest BCUT2D eigenvalue weighted by Gasteiger charge is 2.30. The zero-order chi connectivity index (χ0) is 20.2. The van der Waals surface area contributed by atoms with Crippen LogP contribution < -0.4 is 9.46 Å². The smallest absolute Gasteiger partial charge is 0.416 e. The van der Waals surface area contributed by atoms with Gasteiger partial charge in [0.15, 0.2) is 0 Å². The van der Waals surface area contributed by atoms with Crippen molar-refractivity contribution in [3.63, 3.8) is 0 Å². The van der Waals surface area contributed by atoms with Crippen LogP contribution in [0, 0.1) is 0 Å². The maximum absolute atomic E-state index is 12.6. The maximum Gasteiger partial charge on any atom is 0.416 e. The SMILES string of the molecule is CCc1ccc(OC)c(S(=O)(=O)NCC(O)c2ccc(C(F)(F)F)cc2)c1. The second-order valence-electron chi connectivity index (χ2n) is 5.83. The number of alkyl halides is 3. The zero-order valence-electron chi connectivity index (χ0n) is 14.7. The monoisotopic (exact) mass is 403 g/mol. The molecule has 0 aliphatic heterocycles. The quantitative estimate of drug-likeness (QED) is 0.744. The van der Waals surface area contributed by atoms with Gasteiger partial charge in [-0.1, -0.05) is 25.1 Å². The molecule has 0 amide bonds. The Bertz CT molecular complexity index is 880. The summed E-state index contributed by atoms with van der Waals surface area (Å²) < 4.78 is 70.2. The van der Waals surface area contributed by atoms with Crippen molar-refractivity contribution in [2.45, 2.75) is 30.5 Å². The zero-order valence-corrected chi connectivity index (χ0v) is 15.6. The lowest BCUT2D eigenvalue weighted by Gasteiger charge is -2.15. The fourth-order valence-electron chi connectivity index (χ4n) is 2.43. The third-order valence-corrected chi connectivity index (χ3v) is 5.46. The van der Waals surface area contributed by atoms with Gasteiger partial charge in [0.2, 0.25) is 10.0 Å². The molecule has 9 heteroatoms. The molecular weight excluding hydrogens is 383 g/mol. The first kappa shape index (κ1) is 21.2. The fourth-order valence-corrected chi connectivity index (χ4v) is 3.69. The van der Waals surface area contributed by atoms with Crippen LogP contribution in [0.4, 0.5) is 13.2 Å². The molecule has 0 saturated carbocycles. The van der Waals surface area contributed by atoms with Crippen molar-refractivity contribution < 1.29 is 31.4 Å². The van der Waals surface area contributed by atoms with Crippen LogP contribution in [0.15, 0.2) is 47.4 Å². The molecule has 2 aromatic rings. The number of aliphatic hydroxyl groups excluding tert-OH is 1. The minimum absolute atomic E-state index is 0.0658. The van der Waals surface area contributed by atoms with Crippen molar-refractivity contribution in [1.29, 1.82) is 0 Å². The summed E-state index contributed by atoms with van der Waals surface area (Å²) in [5.41, 5.74) is 0.111. The summed E-state index contributed by atoms with van der Waals surface area (Å²) in [6.45, 7) is 1.48. The van der Waals surface area contributed by atoms with Crippen molar-refractivity contribution in [3.05, 3.63) is 59.2 Å². The highest BCUT2D eigenvalue weighted by molar-refractivity contribution is 7.89. The van der Waals surface area contributed by atoms with Crippen molar-refractivity contribution in [2.24, 2.45) is 0 Å². The predicted molar refractivity (Wildman–Crippen MR) is 94.0 cm³/mol. The van der Waals surface area contributed by atoms with E-state index in [0.717, 1.165) is 29.8 Å². The van der Waals surface area contributed by atoms with Gasteiger partial charge in [-0.05, 0) is 41.8 Å². The van der Waals surface area contributed by atoms with Gasteiger partial charge >= 0.3 is 6.18 Å². The summed E-state index contributed by atoms with van der Waals surface area (Å²) in [5.74, 6) is 0.156. The Kier molecular flexibility index (Phi) is 6.50. The molecule has 1 unspecified atom stereocenters. The van der Waals surface area contributed by atoms with Crippen LogP contribution in [0.2, 0.25) is 0 Å². The van der Waals surface area contributed by atoms with E-state index in [2.05, 4.69) is 4.72 Å². The van der Waals surface area contributed by atoms with Gasteiger partial charge < -0.3 is 9.84 Å². The van der Waals surface area contributed by atoms with Crippen LogP contribution in [-0.2, 0) is 22.6 Å². The molecule has 0 aromatic heterocycles. The first-order valence-corrected chi connectivity index (χ1v) is 9.58. The van der Waals surface area contributed by atoms with Crippen LogP contribution >= 0.6 is 0 Å². The summed E-state index contributed by atoms with van der Waals surface area (Å²) in [6.07, 6.45) is -5.16. The second-order valence-corrected chi connectivity index (χ2v) is 7.56. The van der Waals surface area contributed by atoms with Crippen molar-refractivity contribution in [2.75, 3.05) is 13.7 Å². The van der Waals surface area contributed by atoms with Gasteiger partial charge in [-0.25, -0.2) is 13.1 Å². The van der Waals surface area contributed by atoms with E-state index in [-0.39, 0.29) is 16.2 Å². The first-order valence-electron chi connectivity index (χ1n) is 8.10. The van der Waals surface area contributed by atoms with E-state index < -0.39 is 34.4 Å². The number of rotatable bonds is 7. The van der Waals surface area contributed by atoms with Gasteiger partial charge in [-0.2, -0.15) is 13.2 Å². The average molecular weight is 403 g/mol. The third kappa shape index (κ3) is 5.21. The van der Waals surface area contributed by atoms with Gasteiger partial charge in [0.05, 0.1) is 18.8 Å². The number of halogens is 3. The summed E-state index contributed by atoms with van der Waals surface area (Å²) in [6, 6.07) is 8.65. The van der Waals surface area contributed by atoms with E-state index in [1.165, 1.54) is 13.2 Å². The van der Waals surface area contributed by atoms with E-state index in [0.29, 0.717) is 6.42 Å². The molecule has 0 bridgehead atoms. The van der Waals surface area contributed by atoms with E-state index in [1.807, 2.05) is 6.92 Å². The van der Waals surface area contributed by atoms with Crippen LogP contribution in [-0.4, -0.2) is 27.2 Å². The van der Waals surface area contributed by atoms with Crippen LogP contribution in [0.3, 0.4) is 0 Å². The van der Waals surface area contributed by atoms with E-state index in [1.54, 1.807) is 12.1 Å². The number of ether oxygens (including phenoxy) is 1. The summed E-state index contributed by atoms with van der Waals surface area (Å²) >= 11 is 0. The molecule has 0 aliphatic carbocycles. The molecule has 2 N–H and O–H groups in total. The Balaban J connectivity index is 2.15. The number of hydrogen-bond donors (Lipinski definition) is 2. The van der Waals surface area contributed by atoms with Gasteiger partial charge in [0, 0.05) is 6.54 Å². The summed E-state index contributed by atoms with van der Waals surface area (Å²) in [7, 11) is -2.64. The Morgan fingerprint density at radius 1 is 1.15 bits per heavy atom. The van der Waals surface area contributed by atoms with E-state index in [4.69, 9.17) is 4.74 Å². The Morgan fingerprint density at radius 3 is 2.30 bits per heavy atom. The predicted octanol–water partition coefficient (Wildman–Crippen LogP) is 3.29. The molecule has 0 saturated heterocycles. The molecule has 2 aromatic carbocycles. The van der Waals surface area contributed by atoms with Gasteiger partial charge in [0.1, 0.15) is 10.6 Å². The molecule has 148 valence electrons. The molecular formula is C18H20F3NO4S. The van der Waals surface area contributed by atoms with Crippen molar-refractivity contribution >= 4 is 10.0 Å². The lowest BCUT2D eigenvalue weighted by atomic mass is 10.1. The maximum atomic E-state index is 12.6. The Labute approximate surface area is 155 Å². The van der Waals surface area contributed by atoms with Gasteiger partial charge in [-0.3, -0.25) is 0 Å². The van der Waals surface area contributed by atoms with Crippen LogP contribution in [0.1, 0.15) is 29.7 Å². The first-order chi connectivity index (χ1) is 12.6. The van der Waals surface area contributed by atoms with E-state index in [9.17, 15) is 26.7 Å².